The van der Waals surface area contributed by atoms with Crippen molar-refractivity contribution in [2.75, 3.05) is 18.0 Å². The molecule has 0 spiro atoms. The first-order valence-corrected chi connectivity index (χ1v) is 10.4. The van der Waals surface area contributed by atoms with Crippen LogP contribution in [0, 0.1) is 5.82 Å². The van der Waals surface area contributed by atoms with Gasteiger partial charge in [-0.3, -0.25) is 9.78 Å². The Kier molecular flexibility index (Phi) is 6.23. The number of benzene rings is 2. The molecule has 1 aliphatic heterocycles. The summed E-state index contributed by atoms with van der Waals surface area (Å²) in [6.45, 7) is 2.19. The number of nitrogens with one attached hydrogen (secondary N) is 1. The van der Waals surface area contributed by atoms with Crippen LogP contribution in [0.25, 0.3) is 11.3 Å². The fraction of sp³-hybridized carbons (Fsp3) is 0.261. The molecule has 0 bridgehead atoms. The summed E-state index contributed by atoms with van der Waals surface area (Å²) in [7, 11) is 0. The van der Waals surface area contributed by atoms with Gasteiger partial charge in [0.25, 0.3) is 5.91 Å². The van der Waals surface area contributed by atoms with E-state index in [0.717, 1.165) is 43.0 Å². The van der Waals surface area contributed by atoms with E-state index in [1.807, 2.05) is 12.1 Å². The van der Waals surface area contributed by atoms with Gasteiger partial charge in [0.1, 0.15) is 11.5 Å². The minimum Gasteiger partial charge on any atom is -0.355 e. The maximum Gasteiger partial charge on any atom is 0.251 e. The monoisotopic (exact) mass is 424 g/mol. The Bertz CT molecular complexity index is 1040. The maximum absolute atomic E-state index is 13.2. The Balaban J connectivity index is 1.47. The molecule has 5 nitrogen and oxygen atoms in total. The molecule has 1 saturated heterocycles. The number of halogens is 2. The van der Waals surface area contributed by atoms with Crippen molar-refractivity contribution in [3.05, 3.63) is 76.8 Å². The number of amides is 1. The van der Waals surface area contributed by atoms with Crippen LogP contribution in [0.15, 0.2) is 54.9 Å². The Morgan fingerprint density at radius 1 is 1.03 bits per heavy atom. The third kappa shape index (κ3) is 4.60. The Hall–Kier alpha value is -2.99. The van der Waals surface area contributed by atoms with Gasteiger partial charge >= 0.3 is 0 Å². The summed E-state index contributed by atoms with van der Waals surface area (Å²) in [4.78, 5) is 23.9. The number of nitrogens with zero attached hydrogens (tertiary/aromatic N) is 3. The van der Waals surface area contributed by atoms with Crippen molar-refractivity contribution in [3.63, 3.8) is 0 Å². The Morgan fingerprint density at radius 3 is 2.50 bits per heavy atom. The van der Waals surface area contributed by atoms with Gasteiger partial charge in [0.05, 0.1) is 0 Å². The highest BCUT2D eigenvalue weighted by Gasteiger charge is 2.18. The zero-order chi connectivity index (χ0) is 20.9. The molecule has 1 amide bonds. The topological polar surface area (TPSA) is 58.1 Å². The molecule has 1 aromatic heterocycles. The van der Waals surface area contributed by atoms with Gasteiger partial charge < -0.3 is 10.2 Å². The zero-order valence-corrected chi connectivity index (χ0v) is 17.2. The van der Waals surface area contributed by atoms with E-state index in [1.165, 1.54) is 18.6 Å². The molecule has 0 atom stereocenters. The maximum atomic E-state index is 13.2. The van der Waals surface area contributed by atoms with Crippen LogP contribution in [0.4, 0.5) is 10.2 Å². The van der Waals surface area contributed by atoms with Gasteiger partial charge in [0.15, 0.2) is 5.82 Å². The summed E-state index contributed by atoms with van der Waals surface area (Å²) in [6, 6.07) is 11.4. The third-order valence-corrected chi connectivity index (χ3v) is 5.56. The van der Waals surface area contributed by atoms with E-state index in [4.69, 9.17) is 11.6 Å². The highest BCUT2D eigenvalue weighted by molar-refractivity contribution is 6.31. The van der Waals surface area contributed by atoms with Gasteiger partial charge in [0.2, 0.25) is 0 Å². The van der Waals surface area contributed by atoms with E-state index < -0.39 is 5.82 Å². The van der Waals surface area contributed by atoms with Gasteiger partial charge in [-0.05, 0) is 49.1 Å². The standard InChI is InChI=1S/C23H22ClFN4O/c24-20-14-19(25)9-8-18(20)15-28-23(30)17-6-4-16(5-7-17)21-22(27-11-10-26-21)29-12-2-1-3-13-29/h4-11,14H,1-3,12-13,15H2,(H,28,30). The van der Waals surface area contributed by atoms with Crippen molar-refractivity contribution in [3.8, 4) is 11.3 Å². The number of hydrogen-bond acceptors (Lipinski definition) is 4. The molecule has 1 fully saturated rings. The van der Waals surface area contributed by atoms with E-state index >= 15 is 0 Å². The molecular weight excluding hydrogens is 403 g/mol. The predicted octanol–water partition coefficient (Wildman–Crippen LogP) is 4.86. The van der Waals surface area contributed by atoms with Crippen LogP contribution < -0.4 is 10.2 Å². The molecular formula is C23H22ClFN4O. The van der Waals surface area contributed by atoms with Crippen LogP contribution in [-0.4, -0.2) is 29.0 Å². The van der Waals surface area contributed by atoms with Crippen LogP contribution in [-0.2, 0) is 6.54 Å². The zero-order valence-electron chi connectivity index (χ0n) is 16.4. The molecule has 154 valence electrons. The first-order chi connectivity index (χ1) is 14.6. The van der Waals surface area contributed by atoms with Crippen molar-refractivity contribution >= 4 is 23.3 Å². The number of rotatable bonds is 5. The van der Waals surface area contributed by atoms with Crippen LogP contribution in [0.5, 0.6) is 0 Å². The highest BCUT2D eigenvalue weighted by atomic mass is 35.5. The second-order valence-corrected chi connectivity index (χ2v) is 7.68. The van der Waals surface area contributed by atoms with Crippen molar-refractivity contribution in [1.82, 2.24) is 15.3 Å². The molecule has 30 heavy (non-hydrogen) atoms. The molecule has 2 heterocycles. The Labute approximate surface area is 179 Å². The van der Waals surface area contributed by atoms with Gasteiger partial charge in [0, 0.05) is 48.2 Å². The largest absolute Gasteiger partial charge is 0.355 e. The van der Waals surface area contributed by atoms with Crippen molar-refractivity contribution in [2.45, 2.75) is 25.8 Å². The molecule has 0 aliphatic carbocycles. The fourth-order valence-electron chi connectivity index (χ4n) is 3.59. The quantitative estimate of drug-likeness (QED) is 0.635. The molecule has 1 aliphatic rings. The average molecular weight is 425 g/mol. The van der Waals surface area contributed by atoms with Crippen LogP contribution in [0.1, 0.15) is 35.2 Å². The van der Waals surface area contributed by atoms with Crippen LogP contribution in [0.3, 0.4) is 0 Å². The SMILES string of the molecule is O=C(NCc1ccc(F)cc1Cl)c1ccc(-c2nccnc2N2CCCCC2)cc1. The summed E-state index contributed by atoms with van der Waals surface area (Å²) in [5.74, 6) is 0.260. The predicted molar refractivity (Wildman–Crippen MR) is 116 cm³/mol. The summed E-state index contributed by atoms with van der Waals surface area (Å²) in [5, 5.41) is 3.11. The lowest BCUT2D eigenvalue weighted by Gasteiger charge is -2.28. The summed E-state index contributed by atoms with van der Waals surface area (Å²) in [5.41, 5.74) is 2.93. The molecule has 4 rings (SSSR count). The van der Waals surface area contributed by atoms with E-state index in [2.05, 4.69) is 20.2 Å². The number of carbonyl (C=O) groups is 1. The molecule has 0 saturated carbocycles. The number of anilines is 1. The average Bonchev–Trinajstić information content (AvgIpc) is 2.79. The second kappa shape index (κ2) is 9.22. The second-order valence-electron chi connectivity index (χ2n) is 7.27. The highest BCUT2D eigenvalue weighted by Crippen LogP contribution is 2.28. The number of hydrogen-bond donors (Lipinski definition) is 1. The minimum atomic E-state index is -0.404. The van der Waals surface area contributed by atoms with E-state index in [-0.39, 0.29) is 12.5 Å². The van der Waals surface area contributed by atoms with Gasteiger partial charge in [-0.2, -0.15) is 0 Å². The first kappa shape index (κ1) is 20.3. The van der Waals surface area contributed by atoms with E-state index in [0.29, 0.717) is 16.1 Å². The molecule has 0 radical (unpaired) electrons. The molecule has 0 unspecified atom stereocenters. The lowest BCUT2D eigenvalue weighted by Crippen LogP contribution is -2.30. The number of carbonyl (C=O) groups excluding carboxylic acids is 1. The van der Waals surface area contributed by atoms with Gasteiger partial charge in [-0.25, -0.2) is 9.37 Å². The summed E-state index contributed by atoms with van der Waals surface area (Å²) in [6.07, 6.45) is 6.98. The number of piperidine rings is 1. The summed E-state index contributed by atoms with van der Waals surface area (Å²) >= 11 is 6.02. The van der Waals surface area contributed by atoms with Crippen LogP contribution >= 0.6 is 11.6 Å². The molecule has 7 heteroatoms. The van der Waals surface area contributed by atoms with E-state index in [9.17, 15) is 9.18 Å². The summed E-state index contributed by atoms with van der Waals surface area (Å²) < 4.78 is 13.2. The van der Waals surface area contributed by atoms with Crippen molar-refractivity contribution < 1.29 is 9.18 Å². The lowest BCUT2D eigenvalue weighted by molar-refractivity contribution is 0.0951. The Morgan fingerprint density at radius 2 is 1.77 bits per heavy atom. The normalized spacial score (nSPS) is 13.9. The molecule has 1 N–H and O–H groups in total. The molecule has 2 aromatic carbocycles. The molecule has 3 aromatic rings. The third-order valence-electron chi connectivity index (χ3n) is 5.21. The number of aromatic nitrogens is 2. The smallest absolute Gasteiger partial charge is 0.251 e. The van der Waals surface area contributed by atoms with Crippen molar-refractivity contribution in [2.24, 2.45) is 0 Å². The fourth-order valence-corrected chi connectivity index (χ4v) is 3.83. The van der Waals surface area contributed by atoms with E-state index in [1.54, 1.807) is 30.6 Å². The first-order valence-electron chi connectivity index (χ1n) is 10.0. The van der Waals surface area contributed by atoms with Gasteiger partial charge in [-0.15, -0.1) is 0 Å². The van der Waals surface area contributed by atoms with Gasteiger partial charge in [-0.1, -0.05) is 29.8 Å². The van der Waals surface area contributed by atoms with Crippen LogP contribution in [0.2, 0.25) is 5.02 Å². The lowest BCUT2D eigenvalue weighted by atomic mass is 10.1. The van der Waals surface area contributed by atoms with Crippen molar-refractivity contribution in [1.29, 1.82) is 0 Å². The minimum absolute atomic E-state index is 0.225.